The largest absolute Gasteiger partial charge is 0.371 e. The smallest absolute Gasteiger partial charge is 0.122 e. The van der Waals surface area contributed by atoms with E-state index in [4.69, 9.17) is 9.47 Å². The van der Waals surface area contributed by atoms with Crippen molar-refractivity contribution in [2.24, 2.45) is 0 Å². The molecule has 3 saturated heterocycles. The van der Waals surface area contributed by atoms with E-state index >= 15 is 0 Å². The summed E-state index contributed by atoms with van der Waals surface area (Å²) >= 11 is 7.34. The first-order valence-corrected chi connectivity index (χ1v) is 8.01. The predicted molar refractivity (Wildman–Crippen MR) is 73.0 cm³/mol. The number of hydrogen-bond donors (Lipinski definition) is 0. The molecule has 3 aliphatic rings. The molecule has 0 radical (unpaired) electrons. The van der Waals surface area contributed by atoms with Gasteiger partial charge in [0.15, 0.2) is 0 Å². The summed E-state index contributed by atoms with van der Waals surface area (Å²) in [6, 6.07) is 0. The minimum atomic E-state index is -0.0691. The van der Waals surface area contributed by atoms with Crippen LogP contribution in [-0.2, 0) is 14.3 Å². The summed E-state index contributed by atoms with van der Waals surface area (Å²) in [6.07, 6.45) is 4.79. The van der Waals surface area contributed by atoms with Gasteiger partial charge in [0.1, 0.15) is 6.29 Å². The first kappa shape index (κ1) is 14.0. The van der Waals surface area contributed by atoms with Crippen LogP contribution in [0.3, 0.4) is 0 Å². The monoisotopic (exact) mass is 368 g/mol. The molecule has 0 spiro atoms. The van der Waals surface area contributed by atoms with Gasteiger partial charge >= 0.3 is 0 Å². The average Bonchev–Trinajstić information content (AvgIpc) is 2.22. The van der Waals surface area contributed by atoms with Crippen molar-refractivity contribution in [3.05, 3.63) is 0 Å². The van der Waals surface area contributed by atoms with Gasteiger partial charge in [0.05, 0.1) is 24.4 Å². The lowest BCUT2D eigenvalue weighted by Crippen LogP contribution is -2.55. The van der Waals surface area contributed by atoms with Gasteiger partial charge in [-0.2, -0.15) is 0 Å². The van der Waals surface area contributed by atoms with Crippen molar-refractivity contribution in [1.29, 1.82) is 0 Å². The van der Waals surface area contributed by atoms with Crippen LogP contribution in [0.25, 0.3) is 0 Å². The van der Waals surface area contributed by atoms with Gasteiger partial charge in [-0.3, -0.25) is 0 Å². The molecule has 0 aromatic carbocycles. The zero-order valence-corrected chi connectivity index (χ0v) is 13.0. The molecular formula is C12H18Br2O3. The van der Waals surface area contributed by atoms with Gasteiger partial charge in [0.2, 0.25) is 0 Å². The van der Waals surface area contributed by atoms with Crippen LogP contribution >= 0.6 is 31.9 Å². The molecule has 2 bridgehead atoms. The van der Waals surface area contributed by atoms with E-state index in [9.17, 15) is 4.79 Å². The topological polar surface area (TPSA) is 35.5 Å². The summed E-state index contributed by atoms with van der Waals surface area (Å²) in [6.45, 7) is 2.14. The Morgan fingerprint density at radius 1 is 1.35 bits per heavy atom. The number of ether oxygens (including phenoxy) is 2. The molecule has 0 aliphatic carbocycles. The Bertz CT molecular complexity index is 268. The molecule has 5 heteroatoms. The highest BCUT2D eigenvalue weighted by atomic mass is 79.9. The van der Waals surface area contributed by atoms with Gasteiger partial charge < -0.3 is 14.3 Å². The van der Waals surface area contributed by atoms with Crippen molar-refractivity contribution in [3.63, 3.8) is 0 Å². The second-order valence-electron chi connectivity index (χ2n) is 4.74. The summed E-state index contributed by atoms with van der Waals surface area (Å²) in [5, 5.41) is 0. The number of carbonyl (C=O) groups is 1. The van der Waals surface area contributed by atoms with Gasteiger partial charge in [-0.1, -0.05) is 38.8 Å². The number of hydrogen-bond acceptors (Lipinski definition) is 3. The van der Waals surface area contributed by atoms with Crippen LogP contribution in [0.15, 0.2) is 0 Å². The molecule has 98 valence electrons. The summed E-state index contributed by atoms with van der Waals surface area (Å²) in [7, 11) is 0. The highest BCUT2D eigenvalue weighted by Gasteiger charge is 2.45. The van der Waals surface area contributed by atoms with Crippen molar-refractivity contribution >= 4 is 38.1 Å². The molecule has 3 aliphatic heterocycles. The fourth-order valence-electron chi connectivity index (χ4n) is 2.45. The van der Waals surface area contributed by atoms with Crippen molar-refractivity contribution in [3.8, 4) is 0 Å². The zero-order chi connectivity index (χ0) is 12.4. The quantitative estimate of drug-likeness (QED) is 0.564. The SMILES string of the molecule is CCC(Br)[C@@H]1C[C@H](Br)[C@H]2C[C@H](O2)[C@@H](CC=O)O1. The number of fused-ring (bicyclic) bond motifs is 4. The maximum absolute atomic E-state index is 10.7. The number of carbonyl (C=O) groups excluding carboxylic acids is 1. The molecule has 0 amide bonds. The van der Waals surface area contributed by atoms with Gasteiger partial charge in [0, 0.05) is 22.5 Å². The number of alkyl halides is 2. The Morgan fingerprint density at radius 3 is 2.65 bits per heavy atom. The molecule has 6 atom stereocenters. The third kappa shape index (κ3) is 3.11. The van der Waals surface area contributed by atoms with Gasteiger partial charge in [-0.25, -0.2) is 0 Å². The van der Waals surface area contributed by atoms with Crippen LogP contribution < -0.4 is 0 Å². The lowest BCUT2D eigenvalue weighted by Gasteiger charge is -2.47. The van der Waals surface area contributed by atoms with E-state index in [1.54, 1.807) is 0 Å². The van der Waals surface area contributed by atoms with Crippen molar-refractivity contribution in [2.45, 2.75) is 66.7 Å². The molecule has 0 aromatic rings. The molecule has 3 rings (SSSR count). The Kier molecular flexibility index (Phi) is 5.04. The lowest BCUT2D eigenvalue weighted by molar-refractivity contribution is -0.214. The third-order valence-corrected chi connectivity index (χ3v) is 5.76. The summed E-state index contributed by atoms with van der Waals surface area (Å²) in [4.78, 5) is 11.4. The molecule has 1 unspecified atom stereocenters. The van der Waals surface area contributed by atoms with Crippen LogP contribution in [-0.4, -0.2) is 40.4 Å². The molecule has 17 heavy (non-hydrogen) atoms. The second kappa shape index (κ2) is 6.13. The van der Waals surface area contributed by atoms with E-state index in [1.165, 1.54) is 0 Å². The van der Waals surface area contributed by atoms with Crippen molar-refractivity contribution in [2.75, 3.05) is 0 Å². The van der Waals surface area contributed by atoms with Crippen molar-refractivity contribution in [1.82, 2.24) is 0 Å². The van der Waals surface area contributed by atoms with Crippen LogP contribution in [0.2, 0.25) is 0 Å². The Morgan fingerprint density at radius 2 is 2.06 bits per heavy atom. The summed E-state index contributed by atoms with van der Waals surface area (Å²) in [5.41, 5.74) is 0. The Hall–Kier alpha value is 0.550. The van der Waals surface area contributed by atoms with E-state index in [1.807, 2.05) is 0 Å². The lowest BCUT2D eigenvalue weighted by atomic mass is 9.91. The van der Waals surface area contributed by atoms with E-state index in [2.05, 4.69) is 38.8 Å². The zero-order valence-electron chi connectivity index (χ0n) is 9.85. The Labute approximate surface area is 119 Å². The Balaban J connectivity index is 2.04. The third-order valence-electron chi connectivity index (χ3n) is 3.56. The highest BCUT2D eigenvalue weighted by molar-refractivity contribution is 9.09. The second-order valence-corrected chi connectivity index (χ2v) is 7.09. The van der Waals surface area contributed by atoms with Gasteiger partial charge in [0.25, 0.3) is 0 Å². The fraction of sp³-hybridized carbons (Fsp3) is 0.917. The van der Waals surface area contributed by atoms with Crippen LogP contribution in [0, 0.1) is 0 Å². The molecule has 3 heterocycles. The van der Waals surface area contributed by atoms with E-state index in [0.717, 1.165) is 25.5 Å². The molecule has 3 nitrogen and oxygen atoms in total. The van der Waals surface area contributed by atoms with Crippen molar-refractivity contribution < 1.29 is 14.3 Å². The number of aldehydes is 1. The molecular weight excluding hydrogens is 352 g/mol. The molecule has 0 N–H and O–H groups in total. The maximum atomic E-state index is 10.7. The molecule has 3 fully saturated rings. The highest BCUT2D eigenvalue weighted by Crippen LogP contribution is 2.38. The van der Waals surface area contributed by atoms with Crippen LogP contribution in [0.4, 0.5) is 0 Å². The van der Waals surface area contributed by atoms with Crippen LogP contribution in [0.5, 0.6) is 0 Å². The van der Waals surface area contributed by atoms with Gasteiger partial charge in [-0.15, -0.1) is 0 Å². The summed E-state index contributed by atoms with van der Waals surface area (Å²) < 4.78 is 11.8. The number of halogens is 2. The minimum absolute atomic E-state index is 0.0691. The number of rotatable bonds is 4. The fourth-order valence-corrected chi connectivity index (χ4v) is 3.50. The van der Waals surface area contributed by atoms with E-state index in [-0.39, 0.29) is 24.4 Å². The van der Waals surface area contributed by atoms with Gasteiger partial charge in [-0.05, 0) is 12.8 Å². The normalized spacial score (nSPS) is 43.1. The van der Waals surface area contributed by atoms with E-state index < -0.39 is 0 Å². The minimum Gasteiger partial charge on any atom is -0.371 e. The van der Waals surface area contributed by atoms with Crippen LogP contribution in [0.1, 0.15) is 32.6 Å². The first-order valence-electron chi connectivity index (χ1n) is 6.18. The maximum Gasteiger partial charge on any atom is 0.122 e. The molecule has 0 saturated carbocycles. The molecule has 0 aromatic heterocycles. The standard InChI is InChI=1S/C12H18Br2O3/c1-2-7(13)10-5-8(14)11-6-12(17-11)9(16-10)3-4-15/h4,7-12H,2-3,5-6H2,1H3/t7?,8-,9+,10-,11+,12-/m0/s1. The average molecular weight is 370 g/mol. The predicted octanol–water partition coefficient (Wildman–Crippen LogP) is 2.83. The first-order chi connectivity index (χ1) is 8.15. The summed E-state index contributed by atoms with van der Waals surface area (Å²) in [5.74, 6) is 0. The van der Waals surface area contributed by atoms with E-state index in [0.29, 0.717) is 16.1 Å².